The van der Waals surface area contributed by atoms with Gasteiger partial charge in [-0.25, -0.2) is 0 Å². The summed E-state index contributed by atoms with van der Waals surface area (Å²) in [7, 11) is 0. The van der Waals surface area contributed by atoms with Crippen molar-refractivity contribution in [2.75, 3.05) is 6.61 Å². The molecule has 0 spiro atoms. The third-order valence-corrected chi connectivity index (χ3v) is 6.22. The van der Waals surface area contributed by atoms with E-state index < -0.39 is 5.60 Å². The molecular weight excluding hydrogens is 328 g/mol. The molecule has 2 aromatic rings. The molecule has 0 saturated carbocycles. The summed E-state index contributed by atoms with van der Waals surface area (Å²) in [5.41, 5.74) is 0.943. The van der Waals surface area contributed by atoms with Crippen molar-refractivity contribution in [2.45, 2.75) is 47.5 Å². The highest BCUT2D eigenvalue weighted by atomic mass is 32.2. The number of hydrogen-bond acceptors (Lipinski definition) is 5. The van der Waals surface area contributed by atoms with Crippen molar-refractivity contribution in [3.63, 3.8) is 0 Å². The van der Waals surface area contributed by atoms with Crippen molar-refractivity contribution in [2.24, 2.45) is 0 Å². The summed E-state index contributed by atoms with van der Waals surface area (Å²) in [6.45, 7) is 4.18. The van der Waals surface area contributed by atoms with Crippen LogP contribution in [0.25, 0.3) is 0 Å². The zero-order chi connectivity index (χ0) is 16.4. The zero-order valence-electron chi connectivity index (χ0n) is 13.2. The predicted molar refractivity (Wildman–Crippen MR) is 93.4 cm³/mol. The van der Waals surface area contributed by atoms with Crippen LogP contribution in [0.3, 0.4) is 0 Å². The van der Waals surface area contributed by atoms with E-state index in [1.165, 1.54) is 0 Å². The summed E-state index contributed by atoms with van der Waals surface area (Å²) < 4.78 is 6.68. The monoisotopic (exact) mass is 348 g/mol. The van der Waals surface area contributed by atoms with E-state index in [0.29, 0.717) is 19.4 Å². The fraction of sp³-hybridized carbons (Fsp3) is 0.389. The summed E-state index contributed by atoms with van der Waals surface area (Å²) in [6, 6.07) is 9.71. The van der Waals surface area contributed by atoms with Gasteiger partial charge in [0.25, 0.3) is 0 Å². The Labute approximate surface area is 144 Å². The van der Waals surface area contributed by atoms with Crippen molar-refractivity contribution in [1.82, 2.24) is 0 Å². The van der Waals surface area contributed by atoms with Crippen molar-refractivity contribution in [3.8, 4) is 0 Å². The first-order valence-electron chi connectivity index (χ1n) is 7.68. The van der Waals surface area contributed by atoms with Crippen LogP contribution < -0.4 is 0 Å². The van der Waals surface area contributed by atoms with Crippen molar-refractivity contribution >= 4 is 28.9 Å². The Hall–Kier alpha value is -1.14. The van der Waals surface area contributed by atoms with Gasteiger partial charge in [0.15, 0.2) is 5.78 Å². The smallest absolute Gasteiger partial charge is 0.159 e. The Morgan fingerprint density at radius 1 is 1.39 bits per heavy atom. The van der Waals surface area contributed by atoms with Gasteiger partial charge >= 0.3 is 0 Å². The molecule has 0 radical (unpaired) electrons. The Kier molecular flexibility index (Phi) is 4.92. The van der Waals surface area contributed by atoms with Gasteiger partial charge in [0.1, 0.15) is 0 Å². The fourth-order valence-corrected chi connectivity index (χ4v) is 4.86. The van der Waals surface area contributed by atoms with Gasteiger partial charge in [-0.3, -0.25) is 4.79 Å². The van der Waals surface area contributed by atoms with E-state index in [0.717, 1.165) is 20.2 Å². The summed E-state index contributed by atoms with van der Waals surface area (Å²) in [5, 5.41) is 12.9. The van der Waals surface area contributed by atoms with E-state index in [-0.39, 0.29) is 11.9 Å². The minimum absolute atomic E-state index is 0.0795. The number of carbonyl (C=O) groups excluding carboxylic acids is 1. The molecule has 1 N–H and O–H groups in total. The minimum atomic E-state index is -0.772. The maximum absolute atomic E-state index is 11.3. The van der Waals surface area contributed by atoms with Crippen LogP contribution in [0.2, 0.25) is 0 Å². The molecule has 23 heavy (non-hydrogen) atoms. The lowest BCUT2D eigenvalue weighted by molar-refractivity contribution is -0.101. The Morgan fingerprint density at radius 2 is 2.13 bits per heavy atom. The fourth-order valence-electron chi connectivity index (χ4n) is 2.82. The van der Waals surface area contributed by atoms with Crippen LogP contribution in [0.15, 0.2) is 44.8 Å². The molecule has 1 aliphatic rings. The van der Waals surface area contributed by atoms with Crippen molar-refractivity contribution in [1.29, 1.82) is 0 Å². The molecule has 122 valence electrons. The number of hydrogen-bond donors (Lipinski definition) is 1. The van der Waals surface area contributed by atoms with Gasteiger partial charge in [-0.1, -0.05) is 23.9 Å². The van der Waals surface area contributed by atoms with Gasteiger partial charge in [-0.05, 0) is 43.0 Å². The highest BCUT2D eigenvalue weighted by molar-refractivity contribution is 8.01. The molecular formula is C18H20O3S2. The lowest BCUT2D eigenvalue weighted by Crippen LogP contribution is -2.37. The lowest BCUT2D eigenvalue weighted by Gasteiger charge is -2.35. The zero-order valence-corrected chi connectivity index (χ0v) is 14.9. The quantitative estimate of drug-likeness (QED) is 0.827. The van der Waals surface area contributed by atoms with Crippen LogP contribution in [0, 0.1) is 0 Å². The van der Waals surface area contributed by atoms with E-state index in [1.807, 2.05) is 36.6 Å². The summed E-state index contributed by atoms with van der Waals surface area (Å²) in [6.07, 6.45) is 1.37. The normalized spacial score (nSPS) is 24.6. The van der Waals surface area contributed by atoms with Crippen LogP contribution in [0.5, 0.6) is 0 Å². The van der Waals surface area contributed by atoms with E-state index in [4.69, 9.17) is 4.74 Å². The molecule has 0 aliphatic carbocycles. The average molecular weight is 348 g/mol. The molecule has 2 heterocycles. The Bertz CT molecular complexity index is 693. The molecule has 1 saturated heterocycles. The first-order valence-corrected chi connectivity index (χ1v) is 9.38. The van der Waals surface area contributed by atoms with Crippen LogP contribution in [-0.2, 0) is 10.3 Å². The first kappa shape index (κ1) is 16.7. The second kappa shape index (κ2) is 6.77. The van der Waals surface area contributed by atoms with Crippen molar-refractivity contribution in [3.05, 3.63) is 46.8 Å². The number of benzene rings is 1. The van der Waals surface area contributed by atoms with Gasteiger partial charge in [-0.15, -0.1) is 11.3 Å². The van der Waals surface area contributed by atoms with Gasteiger partial charge < -0.3 is 9.84 Å². The van der Waals surface area contributed by atoms with E-state index in [2.05, 4.69) is 6.07 Å². The standard InChI is InChI=1S/C18H20O3S2/c1-12-10-18(20,7-8-21-12)15-9-17(22-11-15)23-16-5-3-14(4-6-16)13(2)19/h3-6,9,11-12,20H,7-8,10H2,1-2H3/t12-,18+/m0/s1. The molecule has 5 heteroatoms. The third kappa shape index (κ3) is 3.86. The lowest BCUT2D eigenvalue weighted by atomic mass is 9.86. The topological polar surface area (TPSA) is 46.5 Å². The largest absolute Gasteiger partial charge is 0.385 e. The number of aliphatic hydroxyl groups is 1. The highest BCUT2D eigenvalue weighted by Crippen LogP contribution is 2.40. The highest BCUT2D eigenvalue weighted by Gasteiger charge is 2.35. The van der Waals surface area contributed by atoms with Crippen molar-refractivity contribution < 1.29 is 14.6 Å². The van der Waals surface area contributed by atoms with E-state index >= 15 is 0 Å². The number of ether oxygens (including phenoxy) is 1. The van der Waals surface area contributed by atoms with E-state index in [1.54, 1.807) is 30.0 Å². The molecule has 2 atom stereocenters. The number of carbonyl (C=O) groups is 1. The SMILES string of the molecule is CC(=O)c1ccc(Sc2cc([C@@]3(O)CCO[C@@H](C)C3)cs2)cc1. The molecule has 0 amide bonds. The molecule has 1 aliphatic heterocycles. The second-order valence-electron chi connectivity index (χ2n) is 6.00. The Morgan fingerprint density at radius 3 is 2.78 bits per heavy atom. The molecule has 1 aromatic carbocycles. The molecule has 3 nitrogen and oxygen atoms in total. The second-order valence-corrected chi connectivity index (χ2v) is 8.29. The molecule has 0 bridgehead atoms. The van der Waals surface area contributed by atoms with E-state index in [9.17, 15) is 9.90 Å². The molecule has 1 fully saturated rings. The van der Waals surface area contributed by atoms with Gasteiger partial charge in [0.05, 0.1) is 22.5 Å². The number of thiophene rings is 1. The number of ketones is 1. The molecule has 1 aromatic heterocycles. The van der Waals surface area contributed by atoms with Gasteiger partial charge in [0.2, 0.25) is 0 Å². The van der Waals surface area contributed by atoms with Crippen LogP contribution in [0.4, 0.5) is 0 Å². The van der Waals surface area contributed by atoms with Gasteiger partial charge in [0, 0.05) is 23.3 Å². The van der Waals surface area contributed by atoms with Gasteiger partial charge in [-0.2, -0.15) is 0 Å². The first-order chi connectivity index (χ1) is 11.0. The molecule has 3 rings (SSSR count). The number of rotatable bonds is 4. The summed E-state index contributed by atoms with van der Waals surface area (Å²) >= 11 is 3.30. The summed E-state index contributed by atoms with van der Waals surface area (Å²) in [4.78, 5) is 12.4. The van der Waals surface area contributed by atoms with Crippen LogP contribution >= 0.6 is 23.1 Å². The summed E-state index contributed by atoms with van der Waals surface area (Å²) in [5.74, 6) is 0.0795. The third-order valence-electron chi connectivity index (χ3n) is 4.14. The average Bonchev–Trinajstić information content (AvgIpc) is 2.97. The van der Waals surface area contributed by atoms with Crippen LogP contribution in [-0.4, -0.2) is 23.6 Å². The maximum Gasteiger partial charge on any atom is 0.159 e. The van der Waals surface area contributed by atoms with Crippen LogP contribution in [0.1, 0.15) is 42.6 Å². The number of Topliss-reactive ketones (excluding diaryl/α,β-unsaturated/α-hetero) is 1. The Balaban J connectivity index is 1.73. The molecule has 0 unspecified atom stereocenters. The maximum atomic E-state index is 11.3. The minimum Gasteiger partial charge on any atom is -0.385 e. The predicted octanol–water partition coefficient (Wildman–Crippen LogP) is 4.49.